The van der Waals surface area contributed by atoms with Crippen LogP contribution in [0.25, 0.3) is 5.57 Å². The number of amides is 2. The van der Waals surface area contributed by atoms with E-state index in [9.17, 15) is 9.59 Å². The molecule has 3 aromatic rings. The molecule has 3 aromatic carbocycles. The van der Waals surface area contributed by atoms with Gasteiger partial charge in [0.25, 0.3) is 11.8 Å². The molecular weight excluding hydrogens is 404 g/mol. The first-order chi connectivity index (χ1) is 15.5. The molecule has 0 saturated heterocycles. The predicted molar refractivity (Wildman–Crippen MR) is 125 cm³/mol. The lowest BCUT2D eigenvalue weighted by Gasteiger charge is -2.16. The Morgan fingerprint density at radius 1 is 0.875 bits per heavy atom. The number of para-hydroxylation sites is 2. The van der Waals surface area contributed by atoms with Crippen LogP contribution in [0.5, 0.6) is 11.5 Å². The highest BCUT2D eigenvalue weighted by Gasteiger charge is 2.41. The van der Waals surface area contributed by atoms with Gasteiger partial charge in [0.05, 0.1) is 25.0 Å². The highest BCUT2D eigenvalue weighted by atomic mass is 16.5. The summed E-state index contributed by atoms with van der Waals surface area (Å²) >= 11 is 0. The van der Waals surface area contributed by atoms with Gasteiger partial charge >= 0.3 is 0 Å². The van der Waals surface area contributed by atoms with Gasteiger partial charge in [0, 0.05) is 11.3 Å². The van der Waals surface area contributed by atoms with Crippen LogP contribution >= 0.6 is 0 Å². The zero-order chi connectivity index (χ0) is 22.7. The molecule has 0 spiro atoms. The van der Waals surface area contributed by atoms with E-state index in [1.807, 2.05) is 50.2 Å². The molecule has 2 amide bonds. The van der Waals surface area contributed by atoms with E-state index < -0.39 is 11.8 Å². The largest absolute Gasteiger partial charge is 0.496 e. The average molecular weight is 428 g/mol. The maximum absolute atomic E-state index is 13.6. The standard InChI is InChI=1S/C26H24N2O4/c1-4-32-19-15-13-18(14-16-19)28-25(29)23(20-10-6-8-12-22(20)31-3)24(26(28)30)27-21-11-7-5-9-17(21)2/h5-16,27H,4H2,1-3H3. The number of ether oxygens (including phenoxy) is 2. The van der Waals surface area contributed by atoms with Crippen molar-refractivity contribution in [3.63, 3.8) is 0 Å². The fourth-order valence-electron chi connectivity index (χ4n) is 3.69. The van der Waals surface area contributed by atoms with Gasteiger partial charge in [-0.1, -0.05) is 36.4 Å². The molecule has 0 radical (unpaired) electrons. The summed E-state index contributed by atoms with van der Waals surface area (Å²) in [4.78, 5) is 28.3. The molecule has 0 aromatic heterocycles. The minimum absolute atomic E-state index is 0.211. The van der Waals surface area contributed by atoms with Crippen molar-refractivity contribution >= 4 is 28.8 Å². The van der Waals surface area contributed by atoms with Gasteiger partial charge in [-0.25, -0.2) is 4.90 Å². The molecular formula is C26H24N2O4. The second kappa shape index (κ2) is 8.98. The molecule has 1 aliphatic rings. The number of nitrogens with zero attached hydrogens (tertiary/aromatic N) is 1. The van der Waals surface area contributed by atoms with Gasteiger partial charge in [0.2, 0.25) is 0 Å². The van der Waals surface area contributed by atoms with Crippen molar-refractivity contribution in [2.45, 2.75) is 13.8 Å². The third kappa shape index (κ3) is 3.83. The van der Waals surface area contributed by atoms with E-state index in [1.54, 1.807) is 43.5 Å². The minimum Gasteiger partial charge on any atom is -0.496 e. The average Bonchev–Trinajstić information content (AvgIpc) is 3.05. The third-order valence-electron chi connectivity index (χ3n) is 5.27. The number of nitrogens with one attached hydrogen (secondary N) is 1. The lowest BCUT2D eigenvalue weighted by Crippen LogP contribution is -2.32. The van der Waals surface area contributed by atoms with Gasteiger partial charge in [-0.05, 0) is 55.8 Å². The van der Waals surface area contributed by atoms with Gasteiger partial charge < -0.3 is 14.8 Å². The Kier molecular flexibility index (Phi) is 5.94. The van der Waals surface area contributed by atoms with Crippen LogP contribution in [0.3, 0.4) is 0 Å². The topological polar surface area (TPSA) is 67.9 Å². The van der Waals surface area contributed by atoms with Crippen molar-refractivity contribution in [1.82, 2.24) is 0 Å². The van der Waals surface area contributed by atoms with Crippen LogP contribution in [-0.2, 0) is 9.59 Å². The van der Waals surface area contributed by atoms with Gasteiger partial charge in [-0.2, -0.15) is 0 Å². The van der Waals surface area contributed by atoms with Crippen molar-refractivity contribution in [1.29, 1.82) is 0 Å². The summed E-state index contributed by atoms with van der Waals surface area (Å²) in [6.07, 6.45) is 0. The molecule has 6 nitrogen and oxygen atoms in total. The Balaban J connectivity index is 1.82. The van der Waals surface area contributed by atoms with E-state index in [0.29, 0.717) is 29.4 Å². The monoisotopic (exact) mass is 428 g/mol. The van der Waals surface area contributed by atoms with Crippen LogP contribution in [0.2, 0.25) is 0 Å². The van der Waals surface area contributed by atoms with Gasteiger partial charge in [-0.3, -0.25) is 9.59 Å². The number of imide groups is 1. The van der Waals surface area contributed by atoms with Crippen molar-refractivity contribution in [2.24, 2.45) is 0 Å². The summed E-state index contributed by atoms with van der Waals surface area (Å²) < 4.78 is 11.0. The molecule has 0 atom stereocenters. The van der Waals surface area contributed by atoms with E-state index in [2.05, 4.69) is 5.32 Å². The molecule has 0 unspecified atom stereocenters. The van der Waals surface area contributed by atoms with Crippen LogP contribution in [0.4, 0.5) is 11.4 Å². The van der Waals surface area contributed by atoms with Gasteiger partial charge in [0.1, 0.15) is 17.2 Å². The molecule has 4 rings (SSSR count). The molecule has 1 heterocycles. The first kappa shape index (κ1) is 21.2. The highest BCUT2D eigenvalue weighted by Crippen LogP contribution is 2.38. The quantitative estimate of drug-likeness (QED) is 0.548. The fourth-order valence-corrected chi connectivity index (χ4v) is 3.69. The van der Waals surface area contributed by atoms with Crippen LogP contribution < -0.4 is 19.7 Å². The summed E-state index contributed by atoms with van der Waals surface area (Å²) in [5.41, 5.74) is 3.21. The smallest absolute Gasteiger partial charge is 0.282 e. The number of aryl methyl sites for hydroxylation is 1. The minimum atomic E-state index is -0.427. The number of methoxy groups -OCH3 is 1. The summed E-state index contributed by atoms with van der Waals surface area (Å²) in [6.45, 7) is 4.37. The van der Waals surface area contributed by atoms with E-state index >= 15 is 0 Å². The number of anilines is 2. The number of hydrogen-bond donors (Lipinski definition) is 1. The summed E-state index contributed by atoms with van der Waals surface area (Å²) in [5, 5.41) is 3.21. The molecule has 0 bridgehead atoms. The summed E-state index contributed by atoms with van der Waals surface area (Å²) in [7, 11) is 1.54. The summed E-state index contributed by atoms with van der Waals surface area (Å²) in [6, 6.07) is 21.7. The molecule has 162 valence electrons. The Hall–Kier alpha value is -4.06. The second-order valence-electron chi connectivity index (χ2n) is 7.26. The van der Waals surface area contributed by atoms with Crippen LogP contribution in [-0.4, -0.2) is 25.5 Å². The Morgan fingerprint density at radius 2 is 1.56 bits per heavy atom. The Morgan fingerprint density at radius 3 is 2.25 bits per heavy atom. The second-order valence-corrected chi connectivity index (χ2v) is 7.26. The first-order valence-corrected chi connectivity index (χ1v) is 10.4. The van der Waals surface area contributed by atoms with Gasteiger partial charge in [0.15, 0.2) is 0 Å². The Labute approximate surface area is 187 Å². The van der Waals surface area contributed by atoms with Crippen LogP contribution in [0.1, 0.15) is 18.1 Å². The number of benzene rings is 3. The maximum Gasteiger partial charge on any atom is 0.282 e. The third-order valence-corrected chi connectivity index (χ3v) is 5.27. The molecule has 0 aliphatic carbocycles. The van der Waals surface area contributed by atoms with Crippen molar-refractivity contribution in [3.05, 3.63) is 89.6 Å². The van der Waals surface area contributed by atoms with Crippen LogP contribution in [0.15, 0.2) is 78.5 Å². The van der Waals surface area contributed by atoms with Crippen molar-refractivity contribution in [2.75, 3.05) is 23.9 Å². The summed E-state index contributed by atoms with van der Waals surface area (Å²) in [5.74, 6) is 0.343. The number of carbonyl (C=O) groups excluding carboxylic acids is 2. The van der Waals surface area contributed by atoms with E-state index in [0.717, 1.165) is 11.3 Å². The first-order valence-electron chi connectivity index (χ1n) is 10.4. The number of hydrogen-bond acceptors (Lipinski definition) is 5. The zero-order valence-electron chi connectivity index (χ0n) is 18.2. The SMILES string of the molecule is CCOc1ccc(N2C(=O)C(Nc3ccccc3C)=C(c3ccccc3OC)C2=O)cc1. The molecule has 0 saturated carbocycles. The van der Waals surface area contributed by atoms with Crippen LogP contribution in [0, 0.1) is 6.92 Å². The Bertz CT molecular complexity index is 1200. The molecule has 6 heteroatoms. The molecule has 32 heavy (non-hydrogen) atoms. The fraction of sp³-hybridized carbons (Fsp3) is 0.154. The normalized spacial score (nSPS) is 13.5. The predicted octanol–water partition coefficient (Wildman–Crippen LogP) is 4.80. The number of rotatable bonds is 7. The lowest BCUT2D eigenvalue weighted by molar-refractivity contribution is -0.120. The van der Waals surface area contributed by atoms with Crippen molar-refractivity contribution < 1.29 is 19.1 Å². The zero-order valence-corrected chi connectivity index (χ0v) is 18.2. The van der Waals surface area contributed by atoms with E-state index in [4.69, 9.17) is 9.47 Å². The van der Waals surface area contributed by atoms with Crippen molar-refractivity contribution in [3.8, 4) is 11.5 Å². The lowest BCUT2D eigenvalue weighted by atomic mass is 10.0. The molecule has 1 N–H and O–H groups in total. The molecule has 0 fully saturated rings. The highest BCUT2D eigenvalue weighted by molar-refractivity contribution is 6.46. The van der Waals surface area contributed by atoms with E-state index in [-0.39, 0.29) is 11.3 Å². The maximum atomic E-state index is 13.6. The van der Waals surface area contributed by atoms with Gasteiger partial charge in [-0.15, -0.1) is 0 Å². The molecule has 1 aliphatic heterocycles. The number of carbonyl (C=O) groups is 2. The van der Waals surface area contributed by atoms with E-state index in [1.165, 1.54) is 4.90 Å².